The molecule has 1 heteroatoms. The first-order valence-corrected chi connectivity index (χ1v) is 5.52. The van der Waals surface area contributed by atoms with Gasteiger partial charge in [-0.2, -0.15) is 0 Å². The zero-order chi connectivity index (χ0) is 9.71. The van der Waals surface area contributed by atoms with Crippen molar-refractivity contribution in [2.24, 2.45) is 0 Å². The zero-order valence-electron chi connectivity index (χ0n) is 8.90. The minimum atomic E-state index is 0.787. The summed E-state index contributed by atoms with van der Waals surface area (Å²) in [6.45, 7) is 0. The highest BCUT2D eigenvalue weighted by atomic mass is 15.1. The number of rotatable bonds is 1. The highest BCUT2D eigenvalue weighted by molar-refractivity contribution is 5.42. The minimum absolute atomic E-state index is 0.787. The summed E-state index contributed by atoms with van der Waals surface area (Å²) in [7, 11) is 4.43. The van der Waals surface area contributed by atoms with Crippen molar-refractivity contribution in [3.8, 4) is 0 Å². The van der Waals surface area contributed by atoms with Crippen LogP contribution in [0.25, 0.3) is 0 Å². The van der Waals surface area contributed by atoms with Crippen LogP contribution in [-0.4, -0.2) is 25.0 Å². The van der Waals surface area contributed by atoms with Crippen LogP contribution in [0, 0.1) is 0 Å². The maximum atomic E-state index is 2.40. The van der Waals surface area contributed by atoms with Crippen molar-refractivity contribution in [2.75, 3.05) is 14.1 Å². The van der Waals surface area contributed by atoms with Gasteiger partial charge < -0.3 is 4.90 Å². The van der Waals surface area contributed by atoms with E-state index in [4.69, 9.17) is 0 Å². The van der Waals surface area contributed by atoms with Gasteiger partial charge in [0.2, 0.25) is 0 Å². The van der Waals surface area contributed by atoms with Gasteiger partial charge in [-0.3, -0.25) is 0 Å². The number of hydrogen-bond acceptors (Lipinski definition) is 1. The Morgan fingerprint density at radius 2 is 1.79 bits per heavy atom. The summed E-state index contributed by atoms with van der Waals surface area (Å²) in [6.07, 6.45) is 2.76. The molecule has 2 bridgehead atoms. The second-order valence-corrected chi connectivity index (χ2v) is 4.93. The van der Waals surface area contributed by atoms with E-state index in [9.17, 15) is 0 Å². The number of fused-ring (bicyclic) bond motifs is 5. The standard InChI is InChI=1S/C13H17N/c1-14(2)13-8-9-7-12(13)11-6-4-3-5-10(9)11/h3-6,9,12-13H,7-8H2,1-2H3/t9-,12-,13+/m0/s1. The Labute approximate surface area is 85.7 Å². The first-order valence-electron chi connectivity index (χ1n) is 5.52. The predicted octanol–water partition coefficient (Wildman–Crippen LogP) is 2.59. The highest BCUT2D eigenvalue weighted by Gasteiger charge is 2.44. The number of nitrogens with zero attached hydrogens (tertiary/aromatic N) is 1. The maximum Gasteiger partial charge on any atom is 0.0164 e. The Morgan fingerprint density at radius 3 is 2.50 bits per heavy atom. The van der Waals surface area contributed by atoms with E-state index in [1.165, 1.54) is 12.8 Å². The molecule has 2 aliphatic carbocycles. The third kappa shape index (κ3) is 0.992. The molecule has 0 spiro atoms. The lowest BCUT2D eigenvalue weighted by Crippen LogP contribution is -2.31. The molecule has 3 rings (SSSR count). The molecule has 1 nitrogen and oxygen atoms in total. The van der Waals surface area contributed by atoms with Crippen LogP contribution in [0.4, 0.5) is 0 Å². The van der Waals surface area contributed by atoms with Crippen LogP contribution in [0.1, 0.15) is 35.8 Å². The molecule has 14 heavy (non-hydrogen) atoms. The molecule has 0 heterocycles. The first-order chi connectivity index (χ1) is 6.77. The summed E-state index contributed by atoms with van der Waals surface area (Å²) in [4.78, 5) is 2.40. The molecule has 3 atom stereocenters. The fraction of sp³-hybridized carbons (Fsp3) is 0.538. The smallest absolute Gasteiger partial charge is 0.0164 e. The Bertz CT molecular complexity index is 356. The van der Waals surface area contributed by atoms with E-state index < -0.39 is 0 Å². The second kappa shape index (κ2) is 2.83. The molecule has 0 aliphatic heterocycles. The van der Waals surface area contributed by atoms with Crippen LogP contribution >= 0.6 is 0 Å². The molecule has 1 fully saturated rings. The summed E-state index contributed by atoms with van der Waals surface area (Å²) in [5, 5.41) is 0. The molecule has 0 aromatic heterocycles. The largest absolute Gasteiger partial charge is 0.306 e. The van der Waals surface area contributed by atoms with E-state index in [1.807, 2.05) is 0 Å². The predicted molar refractivity (Wildman–Crippen MR) is 58.6 cm³/mol. The molecule has 0 amide bonds. The van der Waals surface area contributed by atoms with E-state index in [-0.39, 0.29) is 0 Å². The Hall–Kier alpha value is -0.820. The van der Waals surface area contributed by atoms with Crippen molar-refractivity contribution in [1.29, 1.82) is 0 Å². The SMILES string of the molecule is CN(C)[C@@H]1C[C@@H]2C[C@H]1c1ccccc12. The van der Waals surface area contributed by atoms with Crippen LogP contribution in [0.3, 0.4) is 0 Å². The third-order valence-electron chi connectivity index (χ3n) is 4.03. The van der Waals surface area contributed by atoms with Gasteiger partial charge >= 0.3 is 0 Å². The molecule has 0 unspecified atom stereocenters. The Morgan fingerprint density at radius 1 is 1.07 bits per heavy atom. The second-order valence-electron chi connectivity index (χ2n) is 4.93. The van der Waals surface area contributed by atoms with E-state index in [1.54, 1.807) is 11.1 Å². The van der Waals surface area contributed by atoms with Gasteiger partial charge in [0, 0.05) is 12.0 Å². The molecule has 0 radical (unpaired) electrons. The van der Waals surface area contributed by atoms with Crippen LogP contribution in [0.5, 0.6) is 0 Å². The average Bonchev–Trinajstić information content (AvgIpc) is 2.75. The van der Waals surface area contributed by atoms with Crippen LogP contribution in [-0.2, 0) is 0 Å². The number of hydrogen-bond donors (Lipinski definition) is 0. The Balaban J connectivity index is 2.02. The van der Waals surface area contributed by atoms with Crippen molar-refractivity contribution in [1.82, 2.24) is 4.90 Å². The van der Waals surface area contributed by atoms with E-state index in [0.29, 0.717) is 0 Å². The van der Waals surface area contributed by atoms with Gasteiger partial charge in [-0.05, 0) is 44.0 Å². The summed E-state index contributed by atoms with van der Waals surface area (Å²) >= 11 is 0. The minimum Gasteiger partial charge on any atom is -0.306 e. The zero-order valence-corrected chi connectivity index (χ0v) is 8.90. The van der Waals surface area contributed by atoms with Crippen molar-refractivity contribution in [3.63, 3.8) is 0 Å². The number of likely N-dealkylation sites (N-methyl/N-ethyl adjacent to an activating group) is 1. The summed E-state index contributed by atoms with van der Waals surface area (Å²) < 4.78 is 0. The summed E-state index contributed by atoms with van der Waals surface area (Å²) in [6, 6.07) is 9.81. The summed E-state index contributed by atoms with van der Waals surface area (Å²) in [5.41, 5.74) is 3.26. The molecular formula is C13H17N. The van der Waals surface area contributed by atoms with Crippen molar-refractivity contribution < 1.29 is 0 Å². The molecule has 1 aromatic carbocycles. The highest BCUT2D eigenvalue weighted by Crippen LogP contribution is 2.53. The molecular weight excluding hydrogens is 170 g/mol. The van der Waals surface area contributed by atoms with E-state index in [0.717, 1.165) is 17.9 Å². The van der Waals surface area contributed by atoms with E-state index in [2.05, 4.69) is 43.3 Å². The van der Waals surface area contributed by atoms with Crippen LogP contribution < -0.4 is 0 Å². The lowest BCUT2D eigenvalue weighted by Gasteiger charge is -2.29. The van der Waals surface area contributed by atoms with Crippen LogP contribution in [0.15, 0.2) is 24.3 Å². The average molecular weight is 187 g/mol. The fourth-order valence-electron chi connectivity index (χ4n) is 3.39. The van der Waals surface area contributed by atoms with Gasteiger partial charge in [-0.15, -0.1) is 0 Å². The monoisotopic (exact) mass is 187 g/mol. The van der Waals surface area contributed by atoms with Gasteiger partial charge in [0.1, 0.15) is 0 Å². The Kier molecular flexibility index (Phi) is 1.72. The van der Waals surface area contributed by atoms with Gasteiger partial charge in [-0.1, -0.05) is 24.3 Å². The molecule has 0 N–H and O–H groups in total. The van der Waals surface area contributed by atoms with Crippen LogP contribution in [0.2, 0.25) is 0 Å². The van der Waals surface area contributed by atoms with Gasteiger partial charge in [0.25, 0.3) is 0 Å². The first kappa shape index (κ1) is 8.49. The molecule has 74 valence electrons. The maximum absolute atomic E-state index is 2.40. The quantitative estimate of drug-likeness (QED) is 0.653. The molecule has 1 saturated carbocycles. The number of benzene rings is 1. The van der Waals surface area contributed by atoms with Crippen molar-refractivity contribution in [2.45, 2.75) is 30.7 Å². The van der Waals surface area contributed by atoms with Crippen molar-refractivity contribution >= 4 is 0 Å². The lowest BCUT2D eigenvalue weighted by molar-refractivity contribution is 0.269. The lowest BCUT2D eigenvalue weighted by atomic mass is 9.88. The summed E-state index contributed by atoms with van der Waals surface area (Å²) in [5.74, 6) is 1.66. The van der Waals surface area contributed by atoms with E-state index >= 15 is 0 Å². The third-order valence-corrected chi connectivity index (χ3v) is 4.03. The van der Waals surface area contributed by atoms with Gasteiger partial charge in [-0.25, -0.2) is 0 Å². The molecule has 2 aliphatic rings. The normalized spacial score (nSPS) is 33.8. The van der Waals surface area contributed by atoms with Crippen molar-refractivity contribution in [3.05, 3.63) is 35.4 Å². The fourth-order valence-corrected chi connectivity index (χ4v) is 3.39. The van der Waals surface area contributed by atoms with Gasteiger partial charge in [0.15, 0.2) is 0 Å². The molecule has 0 saturated heterocycles. The topological polar surface area (TPSA) is 3.24 Å². The molecule has 1 aromatic rings. The van der Waals surface area contributed by atoms with Gasteiger partial charge in [0.05, 0.1) is 0 Å².